The van der Waals surface area contributed by atoms with Crippen molar-refractivity contribution in [2.45, 2.75) is 26.2 Å². The van der Waals surface area contributed by atoms with Gasteiger partial charge in [0.1, 0.15) is 5.78 Å². The number of anilines is 1. The van der Waals surface area contributed by atoms with E-state index in [1.165, 1.54) is 5.56 Å². The first kappa shape index (κ1) is 10.9. The minimum absolute atomic E-state index is 0.0495. The van der Waals surface area contributed by atoms with Crippen LogP contribution < -0.4 is 4.90 Å². The standard InChI is InChI=1S/C13H15NO2/c1-10-4-6-11(7-5-10)14-8-2-3-12(15)9-13(14)16/h4-7H,2-3,8-9H2,1H3. The second-order valence-corrected chi connectivity index (χ2v) is 4.20. The van der Waals surface area contributed by atoms with E-state index in [1.54, 1.807) is 4.90 Å². The fraction of sp³-hybridized carbons (Fsp3) is 0.385. The molecule has 1 aromatic rings. The molecule has 1 aromatic carbocycles. The zero-order chi connectivity index (χ0) is 11.5. The van der Waals surface area contributed by atoms with Crippen LogP contribution in [0.3, 0.4) is 0 Å². The third kappa shape index (κ3) is 2.30. The van der Waals surface area contributed by atoms with Gasteiger partial charge in [0, 0.05) is 18.7 Å². The highest BCUT2D eigenvalue weighted by Crippen LogP contribution is 2.19. The molecular weight excluding hydrogens is 202 g/mol. The summed E-state index contributed by atoms with van der Waals surface area (Å²) in [5, 5.41) is 0. The van der Waals surface area contributed by atoms with Crippen LogP contribution in [0.25, 0.3) is 0 Å². The highest BCUT2D eigenvalue weighted by Gasteiger charge is 2.22. The molecule has 0 N–H and O–H groups in total. The van der Waals surface area contributed by atoms with Crippen LogP contribution in [0.1, 0.15) is 24.8 Å². The molecule has 1 aliphatic rings. The minimum Gasteiger partial charge on any atom is -0.312 e. The Hall–Kier alpha value is -1.64. The summed E-state index contributed by atoms with van der Waals surface area (Å²) in [6.45, 7) is 2.66. The van der Waals surface area contributed by atoms with Crippen LogP contribution in [0, 0.1) is 6.92 Å². The Labute approximate surface area is 95.1 Å². The average Bonchev–Trinajstić information content (AvgIpc) is 2.41. The number of carbonyl (C=O) groups excluding carboxylic acids is 2. The van der Waals surface area contributed by atoms with Gasteiger partial charge in [-0.15, -0.1) is 0 Å². The Morgan fingerprint density at radius 1 is 1.12 bits per heavy atom. The molecule has 1 aliphatic heterocycles. The lowest BCUT2D eigenvalue weighted by atomic mass is 10.2. The van der Waals surface area contributed by atoms with Crippen molar-refractivity contribution in [1.29, 1.82) is 0 Å². The topological polar surface area (TPSA) is 37.4 Å². The largest absolute Gasteiger partial charge is 0.312 e. The number of hydrogen-bond acceptors (Lipinski definition) is 2. The number of nitrogens with zero attached hydrogens (tertiary/aromatic N) is 1. The maximum atomic E-state index is 11.8. The molecule has 2 rings (SSSR count). The van der Waals surface area contributed by atoms with E-state index in [9.17, 15) is 9.59 Å². The number of carbonyl (C=O) groups is 2. The lowest BCUT2D eigenvalue weighted by Crippen LogP contribution is -2.30. The van der Waals surface area contributed by atoms with Crippen LogP contribution in [0.4, 0.5) is 5.69 Å². The third-order valence-corrected chi connectivity index (χ3v) is 2.83. The smallest absolute Gasteiger partial charge is 0.234 e. The van der Waals surface area contributed by atoms with E-state index in [2.05, 4.69) is 0 Å². The van der Waals surface area contributed by atoms with E-state index in [0.717, 1.165) is 12.1 Å². The number of aryl methyl sites for hydroxylation is 1. The Bertz CT molecular complexity index is 408. The summed E-state index contributed by atoms with van der Waals surface area (Å²) in [7, 11) is 0. The Kier molecular flexibility index (Phi) is 3.04. The van der Waals surface area contributed by atoms with Gasteiger partial charge in [-0.2, -0.15) is 0 Å². The Morgan fingerprint density at radius 2 is 1.81 bits per heavy atom. The summed E-state index contributed by atoms with van der Waals surface area (Å²) in [6.07, 6.45) is 1.33. The predicted molar refractivity (Wildman–Crippen MR) is 62.4 cm³/mol. The number of ketones is 1. The molecule has 0 atom stereocenters. The third-order valence-electron chi connectivity index (χ3n) is 2.83. The van der Waals surface area contributed by atoms with Gasteiger partial charge >= 0.3 is 0 Å². The molecular formula is C13H15NO2. The molecule has 0 aliphatic carbocycles. The molecule has 0 saturated carbocycles. The van der Waals surface area contributed by atoms with E-state index >= 15 is 0 Å². The summed E-state index contributed by atoms with van der Waals surface area (Å²) in [5.74, 6) is -0.0223. The molecule has 1 fully saturated rings. The maximum absolute atomic E-state index is 11.8. The van der Waals surface area contributed by atoms with E-state index in [1.807, 2.05) is 31.2 Å². The molecule has 1 heterocycles. The van der Waals surface area contributed by atoms with Crippen LogP contribution in [0.5, 0.6) is 0 Å². The first-order valence-electron chi connectivity index (χ1n) is 5.55. The maximum Gasteiger partial charge on any atom is 0.234 e. The fourth-order valence-electron chi connectivity index (χ4n) is 1.91. The zero-order valence-electron chi connectivity index (χ0n) is 9.40. The molecule has 3 heteroatoms. The van der Waals surface area contributed by atoms with Crippen molar-refractivity contribution in [3.63, 3.8) is 0 Å². The van der Waals surface area contributed by atoms with E-state index in [-0.39, 0.29) is 18.1 Å². The Balaban J connectivity index is 2.22. The first-order valence-corrected chi connectivity index (χ1v) is 5.55. The van der Waals surface area contributed by atoms with Crippen molar-refractivity contribution < 1.29 is 9.59 Å². The quantitative estimate of drug-likeness (QED) is 0.675. The van der Waals surface area contributed by atoms with Crippen molar-refractivity contribution >= 4 is 17.4 Å². The molecule has 1 saturated heterocycles. The summed E-state index contributed by atoms with van der Waals surface area (Å²) in [4.78, 5) is 24.8. The van der Waals surface area contributed by atoms with Crippen molar-refractivity contribution in [3.8, 4) is 0 Å². The van der Waals surface area contributed by atoms with Gasteiger partial charge in [0.05, 0.1) is 6.42 Å². The molecule has 16 heavy (non-hydrogen) atoms. The van der Waals surface area contributed by atoms with Crippen LogP contribution in [0.15, 0.2) is 24.3 Å². The molecule has 3 nitrogen and oxygen atoms in total. The summed E-state index contributed by atoms with van der Waals surface area (Å²) < 4.78 is 0. The molecule has 0 aromatic heterocycles. The van der Waals surface area contributed by atoms with Crippen LogP contribution >= 0.6 is 0 Å². The fourth-order valence-corrected chi connectivity index (χ4v) is 1.91. The molecule has 0 unspecified atom stereocenters. The van der Waals surface area contributed by atoms with Gasteiger partial charge < -0.3 is 4.90 Å². The number of rotatable bonds is 1. The summed E-state index contributed by atoms with van der Waals surface area (Å²) in [6, 6.07) is 7.83. The van der Waals surface area contributed by atoms with Gasteiger partial charge in [-0.05, 0) is 25.5 Å². The van der Waals surface area contributed by atoms with Gasteiger partial charge in [-0.1, -0.05) is 17.7 Å². The summed E-state index contributed by atoms with van der Waals surface area (Å²) >= 11 is 0. The normalized spacial score (nSPS) is 17.4. The van der Waals surface area contributed by atoms with Crippen LogP contribution in [-0.4, -0.2) is 18.2 Å². The van der Waals surface area contributed by atoms with Gasteiger partial charge in [0.25, 0.3) is 0 Å². The number of amides is 1. The number of hydrogen-bond donors (Lipinski definition) is 0. The second-order valence-electron chi connectivity index (χ2n) is 4.20. The highest BCUT2D eigenvalue weighted by molar-refractivity contribution is 6.06. The van der Waals surface area contributed by atoms with Crippen LogP contribution in [-0.2, 0) is 9.59 Å². The van der Waals surface area contributed by atoms with Crippen molar-refractivity contribution in [2.24, 2.45) is 0 Å². The lowest BCUT2D eigenvalue weighted by molar-refractivity contribution is -0.125. The first-order chi connectivity index (χ1) is 7.66. The summed E-state index contributed by atoms with van der Waals surface area (Å²) in [5.41, 5.74) is 2.06. The highest BCUT2D eigenvalue weighted by atomic mass is 16.2. The van der Waals surface area contributed by atoms with E-state index < -0.39 is 0 Å². The van der Waals surface area contributed by atoms with Gasteiger partial charge in [0.2, 0.25) is 5.91 Å². The average molecular weight is 217 g/mol. The molecule has 0 bridgehead atoms. The van der Waals surface area contributed by atoms with Crippen LogP contribution in [0.2, 0.25) is 0 Å². The number of Topliss-reactive ketones (excluding diaryl/α,β-unsaturated/α-hetero) is 1. The molecule has 0 radical (unpaired) electrons. The number of benzene rings is 1. The second kappa shape index (κ2) is 4.47. The van der Waals surface area contributed by atoms with Gasteiger partial charge in [-0.25, -0.2) is 0 Å². The minimum atomic E-state index is -0.0775. The van der Waals surface area contributed by atoms with Gasteiger partial charge in [0.15, 0.2) is 0 Å². The van der Waals surface area contributed by atoms with E-state index in [0.29, 0.717) is 13.0 Å². The predicted octanol–water partition coefficient (Wildman–Crippen LogP) is 2.08. The van der Waals surface area contributed by atoms with E-state index in [4.69, 9.17) is 0 Å². The Morgan fingerprint density at radius 3 is 2.50 bits per heavy atom. The van der Waals surface area contributed by atoms with Crippen molar-refractivity contribution in [1.82, 2.24) is 0 Å². The molecule has 0 spiro atoms. The van der Waals surface area contributed by atoms with Gasteiger partial charge in [-0.3, -0.25) is 9.59 Å². The molecule has 1 amide bonds. The lowest BCUT2D eigenvalue weighted by Gasteiger charge is -2.20. The SMILES string of the molecule is Cc1ccc(N2CCCC(=O)CC2=O)cc1. The molecule has 84 valence electrons. The van der Waals surface area contributed by atoms with Crippen molar-refractivity contribution in [3.05, 3.63) is 29.8 Å². The monoisotopic (exact) mass is 217 g/mol. The van der Waals surface area contributed by atoms with Crippen molar-refractivity contribution in [2.75, 3.05) is 11.4 Å². The zero-order valence-corrected chi connectivity index (χ0v) is 9.40.